The van der Waals surface area contributed by atoms with Gasteiger partial charge in [-0.3, -0.25) is 4.79 Å². The molecule has 0 aromatic carbocycles. The first-order valence-electron chi connectivity index (χ1n) is 5.93. The molecule has 2 N–H and O–H groups in total. The summed E-state index contributed by atoms with van der Waals surface area (Å²) in [6.07, 6.45) is 0.999. The van der Waals surface area contributed by atoms with Crippen molar-refractivity contribution in [1.29, 1.82) is 0 Å². The highest BCUT2D eigenvalue weighted by molar-refractivity contribution is 5.83. The van der Waals surface area contributed by atoms with Gasteiger partial charge in [0.1, 0.15) is 6.10 Å². The van der Waals surface area contributed by atoms with E-state index in [0.717, 1.165) is 12.8 Å². The number of aliphatic hydroxyl groups is 1. The van der Waals surface area contributed by atoms with Crippen molar-refractivity contribution in [3.8, 4) is 0 Å². The van der Waals surface area contributed by atoms with Crippen molar-refractivity contribution >= 4 is 11.9 Å². The molecule has 2 aliphatic heterocycles. The van der Waals surface area contributed by atoms with Gasteiger partial charge < -0.3 is 19.8 Å². The lowest BCUT2D eigenvalue weighted by Gasteiger charge is -2.25. The smallest absolute Gasteiger partial charge is 0.332 e. The highest BCUT2D eigenvalue weighted by Crippen LogP contribution is 2.25. The molecule has 0 bridgehead atoms. The average Bonchev–Trinajstić information content (AvgIpc) is 2.96. The summed E-state index contributed by atoms with van der Waals surface area (Å²) in [7, 11) is 0. The number of carbonyl (C=O) groups excluding carboxylic acids is 1. The summed E-state index contributed by atoms with van der Waals surface area (Å²) >= 11 is 0. The average molecular weight is 243 g/mol. The number of aliphatic carboxylic acids is 1. The molecule has 96 valence electrons. The molecule has 0 aliphatic carbocycles. The number of likely N-dealkylation sites (tertiary alicyclic amines) is 1. The zero-order valence-electron chi connectivity index (χ0n) is 9.54. The molecule has 0 radical (unpaired) electrons. The largest absolute Gasteiger partial charge is 0.479 e. The number of ether oxygens (including phenoxy) is 1. The Balaban J connectivity index is 1.95. The summed E-state index contributed by atoms with van der Waals surface area (Å²) in [5.41, 5.74) is 0. The minimum Gasteiger partial charge on any atom is -0.479 e. The van der Waals surface area contributed by atoms with Gasteiger partial charge in [0, 0.05) is 6.54 Å². The van der Waals surface area contributed by atoms with Gasteiger partial charge in [0.2, 0.25) is 0 Å². The van der Waals surface area contributed by atoms with Crippen LogP contribution in [-0.4, -0.2) is 58.4 Å². The molecule has 0 aromatic heterocycles. The lowest BCUT2D eigenvalue weighted by molar-refractivity contribution is -0.155. The van der Waals surface area contributed by atoms with Gasteiger partial charge in [-0.25, -0.2) is 4.79 Å². The van der Waals surface area contributed by atoms with Crippen LogP contribution >= 0.6 is 0 Å². The molecule has 2 rings (SSSR count). The number of amides is 1. The van der Waals surface area contributed by atoms with Gasteiger partial charge in [0.15, 0.2) is 6.10 Å². The summed E-state index contributed by atoms with van der Waals surface area (Å²) in [4.78, 5) is 24.4. The van der Waals surface area contributed by atoms with Gasteiger partial charge in [-0.05, 0) is 25.7 Å². The van der Waals surface area contributed by atoms with Crippen molar-refractivity contribution in [3.05, 3.63) is 0 Å². The van der Waals surface area contributed by atoms with Crippen molar-refractivity contribution in [1.82, 2.24) is 4.90 Å². The Kier molecular flexibility index (Phi) is 3.63. The van der Waals surface area contributed by atoms with E-state index in [2.05, 4.69) is 0 Å². The van der Waals surface area contributed by atoms with E-state index in [-0.39, 0.29) is 18.6 Å². The zero-order chi connectivity index (χ0) is 12.4. The lowest BCUT2D eigenvalue weighted by atomic mass is 10.1. The molecule has 0 aromatic rings. The Labute approximate surface area is 99.2 Å². The number of hydrogen-bond acceptors (Lipinski definition) is 4. The predicted molar refractivity (Wildman–Crippen MR) is 57.4 cm³/mol. The molecule has 2 saturated heterocycles. The molecule has 17 heavy (non-hydrogen) atoms. The topological polar surface area (TPSA) is 87.1 Å². The zero-order valence-corrected chi connectivity index (χ0v) is 9.54. The fraction of sp³-hybridized carbons (Fsp3) is 0.818. The first kappa shape index (κ1) is 12.3. The first-order chi connectivity index (χ1) is 8.13. The highest BCUT2D eigenvalue weighted by atomic mass is 16.5. The number of nitrogens with zero attached hydrogens (tertiary/aromatic N) is 1. The fourth-order valence-electron chi connectivity index (χ4n) is 2.50. The summed E-state index contributed by atoms with van der Waals surface area (Å²) in [6, 6.07) is -0.130. The molecule has 1 unspecified atom stereocenters. The van der Waals surface area contributed by atoms with Crippen LogP contribution in [0.5, 0.6) is 0 Å². The monoisotopic (exact) mass is 243 g/mol. The Hall–Kier alpha value is -1.14. The molecule has 0 saturated carbocycles. The Morgan fingerprint density at radius 1 is 1.24 bits per heavy atom. The van der Waals surface area contributed by atoms with E-state index >= 15 is 0 Å². The van der Waals surface area contributed by atoms with Crippen LogP contribution in [0.3, 0.4) is 0 Å². The molecule has 2 heterocycles. The van der Waals surface area contributed by atoms with E-state index in [4.69, 9.17) is 14.9 Å². The SMILES string of the molecule is O=C(O)[C@H]1CC[C@@H](C(=O)N2CCCC2CO)O1. The normalized spacial score (nSPS) is 33.0. The number of carboxylic acid groups (broad SMARTS) is 1. The van der Waals surface area contributed by atoms with E-state index in [1.165, 1.54) is 0 Å². The Morgan fingerprint density at radius 2 is 1.94 bits per heavy atom. The van der Waals surface area contributed by atoms with Gasteiger partial charge >= 0.3 is 5.97 Å². The molecule has 6 nitrogen and oxygen atoms in total. The molecule has 2 aliphatic rings. The van der Waals surface area contributed by atoms with Crippen LogP contribution in [0.2, 0.25) is 0 Å². The maximum absolute atomic E-state index is 12.1. The molecule has 6 heteroatoms. The number of carboxylic acids is 1. The van der Waals surface area contributed by atoms with Crippen molar-refractivity contribution in [3.63, 3.8) is 0 Å². The molecule has 3 atom stereocenters. The van der Waals surface area contributed by atoms with Crippen molar-refractivity contribution < 1.29 is 24.5 Å². The first-order valence-corrected chi connectivity index (χ1v) is 5.93. The maximum atomic E-state index is 12.1. The van der Waals surface area contributed by atoms with Crippen LogP contribution in [0.15, 0.2) is 0 Å². The van der Waals surface area contributed by atoms with Crippen molar-refractivity contribution in [2.24, 2.45) is 0 Å². The summed E-state index contributed by atoms with van der Waals surface area (Å²) in [6.45, 7) is 0.586. The van der Waals surface area contributed by atoms with Crippen molar-refractivity contribution in [2.75, 3.05) is 13.2 Å². The summed E-state index contributed by atoms with van der Waals surface area (Å²) in [5.74, 6) is -1.19. The third-order valence-corrected chi connectivity index (χ3v) is 3.44. The predicted octanol–water partition coefficient (Wildman–Crippen LogP) is -0.398. The van der Waals surface area contributed by atoms with Gasteiger partial charge in [0.25, 0.3) is 5.91 Å². The molecule has 2 fully saturated rings. The Bertz CT molecular complexity index is 319. The minimum absolute atomic E-state index is 0.0409. The second kappa shape index (κ2) is 5.01. The third-order valence-electron chi connectivity index (χ3n) is 3.44. The second-order valence-electron chi connectivity index (χ2n) is 4.54. The second-order valence-corrected chi connectivity index (χ2v) is 4.54. The lowest BCUT2D eigenvalue weighted by Crippen LogP contribution is -2.43. The van der Waals surface area contributed by atoms with Crippen LogP contribution in [0, 0.1) is 0 Å². The quantitative estimate of drug-likeness (QED) is 0.704. The van der Waals surface area contributed by atoms with Gasteiger partial charge in [-0.15, -0.1) is 0 Å². The highest BCUT2D eigenvalue weighted by Gasteiger charge is 2.39. The molecule has 0 spiro atoms. The van der Waals surface area contributed by atoms with Crippen LogP contribution in [0.4, 0.5) is 0 Å². The number of rotatable bonds is 3. The minimum atomic E-state index is -1.01. The molecular weight excluding hydrogens is 226 g/mol. The number of hydrogen-bond donors (Lipinski definition) is 2. The maximum Gasteiger partial charge on any atom is 0.332 e. The summed E-state index contributed by atoms with van der Waals surface area (Å²) < 4.78 is 5.22. The van der Waals surface area contributed by atoms with Gasteiger partial charge in [-0.1, -0.05) is 0 Å². The van der Waals surface area contributed by atoms with E-state index in [1.54, 1.807) is 4.90 Å². The van der Waals surface area contributed by atoms with Gasteiger partial charge in [0.05, 0.1) is 12.6 Å². The van der Waals surface area contributed by atoms with E-state index in [1.807, 2.05) is 0 Å². The standard InChI is InChI=1S/C11H17NO5/c13-6-7-2-1-5-12(7)10(14)8-3-4-9(17-8)11(15)16/h7-9,13H,1-6H2,(H,15,16)/t7?,8-,9+/m0/s1. The number of carbonyl (C=O) groups is 2. The van der Waals surface area contributed by atoms with E-state index < -0.39 is 18.2 Å². The van der Waals surface area contributed by atoms with E-state index in [0.29, 0.717) is 19.4 Å². The summed E-state index contributed by atoms with van der Waals surface area (Å²) in [5, 5.41) is 17.9. The van der Waals surface area contributed by atoms with Crippen LogP contribution in [0.25, 0.3) is 0 Å². The van der Waals surface area contributed by atoms with Crippen LogP contribution in [0.1, 0.15) is 25.7 Å². The molecular formula is C11H17NO5. The van der Waals surface area contributed by atoms with Crippen LogP contribution in [-0.2, 0) is 14.3 Å². The fourth-order valence-corrected chi connectivity index (χ4v) is 2.50. The van der Waals surface area contributed by atoms with Gasteiger partial charge in [-0.2, -0.15) is 0 Å². The Morgan fingerprint density at radius 3 is 2.53 bits per heavy atom. The van der Waals surface area contributed by atoms with Crippen molar-refractivity contribution in [2.45, 2.75) is 43.9 Å². The van der Waals surface area contributed by atoms with E-state index in [9.17, 15) is 9.59 Å². The third kappa shape index (κ3) is 2.42. The molecule has 1 amide bonds. The number of aliphatic hydroxyl groups excluding tert-OH is 1. The van der Waals surface area contributed by atoms with Crippen LogP contribution < -0.4 is 0 Å².